The van der Waals surface area contributed by atoms with Gasteiger partial charge in [0.2, 0.25) is 5.95 Å². The predicted molar refractivity (Wildman–Crippen MR) is 101 cm³/mol. The molecule has 4 rings (SSSR count). The number of hydrogen-bond donors (Lipinski definition) is 1. The van der Waals surface area contributed by atoms with Gasteiger partial charge in [-0.1, -0.05) is 42.5 Å². The van der Waals surface area contributed by atoms with E-state index in [1.54, 1.807) is 5.38 Å². The molecule has 0 spiro atoms. The summed E-state index contributed by atoms with van der Waals surface area (Å²) >= 11 is 1.46. The maximum Gasteiger partial charge on any atom is 0.277 e. The Morgan fingerprint density at radius 2 is 1.84 bits per heavy atom. The highest BCUT2D eigenvalue weighted by atomic mass is 32.1. The van der Waals surface area contributed by atoms with E-state index in [1.807, 2.05) is 66.1 Å². The summed E-state index contributed by atoms with van der Waals surface area (Å²) in [4.78, 5) is 21.6. The number of amides is 1. The van der Waals surface area contributed by atoms with E-state index in [2.05, 4.69) is 15.3 Å². The largest absolute Gasteiger partial charge is 0.310 e. The average molecular weight is 348 g/mol. The standard InChI is InChI=1S/C19H16N4OS/c1-2-23-16-11-7-6-10-14(16)21-19(23)22-17(24)15-12-25-18(20-15)13-8-4-3-5-9-13/h3-12H,2H2,1H3,(H,21,22,24). The summed E-state index contributed by atoms with van der Waals surface area (Å²) < 4.78 is 1.98. The first-order valence-corrected chi connectivity index (χ1v) is 8.92. The minimum Gasteiger partial charge on any atom is -0.310 e. The van der Waals surface area contributed by atoms with Gasteiger partial charge in [0.1, 0.15) is 10.7 Å². The summed E-state index contributed by atoms with van der Waals surface area (Å²) in [5, 5.41) is 5.49. The summed E-state index contributed by atoms with van der Waals surface area (Å²) in [5.41, 5.74) is 3.28. The van der Waals surface area contributed by atoms with Crippen molar-refractivity contribution in [1.29, 1.82) is 0 Å². The zero-order valence-corrected chi connectivity index (χ0v) is 14.5. The van der Waals surface area contributed by atoms with Gasteiger partial charge in [-0.2, -0.15) is 0 Å². The smallest absolute Gasteiger partial charge is 0.277 e. The number of aryl methyl sites for hydroxylation is 1. The summed E-state index contributed by atoms with van der Waals surface area (Å²) in [6.07, 6.45) is 0. The quantitative estimate of drug-likeness (QED) is 0.593. The van der Waals surface area contributed by atoms with Gasteiger partial charge in [-0.15, -0.1) is 11.3 Å². The Morgan fingerprint density at radius 1 is 1.08 bits per heavy atom. The Kier molecular flexibility index (Phi) is 4.03. The highest BCUT2D eigenvalue weighted by molar-refractivity contribution is 7.13. The number of hydrogen-bond acceptors (Lipinski definition) is 4. The highest BCUT2D eigenvalue weighted by Crippen LogP contribution is 2.24. The molecule has 5 nitrogen and oxygen atoms in total. The lowest BCUT2D eigenvalue weighted by Crippen LogP contribution is -2.16. The second-order valence-corrected chi connectivity index (χ2v) is 6.38. The number of nitrogens with zero attached hydrogens (tertiary/aromatic N) is 3. The molecule has 2 heterocycles. The van der Waals surface area contributed by atoms with E-state index in [-0.39, 0.29) is 5.91 Å². The van der Waals surface area contributed by atoms with Crippen molar-refractivity contribution >= 4 is 34.2 Å². The number of aromatic nitrogens is 3. The topological polar surface area (TPSA) is 59.8 Å². The molecular weight excluding hydrogens is 332 g/mol. The lowest BCUT2D eigenvalue weighted by atomic mass is 10.2. The number of fused-ring (bicyclic) bond motifs is 1. The van der Waals surface area contributed by atoms with E-state index in [9.17, 15) is 4.79 Å². The molecular formula is C19H16N4OS. The van der Waals surface area contributed by atoms with E-state index in [0.29, 0.717) is 11.6 Å². The molecule has 0 unspecified atom stereocenters. The van der Waals surface area contributed by atoms with Crippen LogP contribution in [0.4, 0.5) is 5.95 Å². The third-order valence-electron chi connectivity index (χ3n) is 3.95. The monoisotopic (exact) mass is 348 g/mol. The van der Waals surface area contributed by atoms with Crippen LogP contribution in [0, 0.1) is 0 Å². The van der Waals surface area contributed by atoms with Crippen LogP contribution in [0.5, 0.6) is 0 Å². The van der Waals surface area contributed by atoms with Crippen molar-refractivity contribution in [1.82, 2.24) is 14.5 Å². The second-order valence-electron chi connectivity index (χ2n) is 5.53. The van der Waals surface area contributed by atoms with Gasteiger partial charge in [0.15, 0.2) is 0 Å². The lowest BCUT2D eigenvalue weighted by Gasteiger charge is -2.06. The number of imidazole rings is 1. The van der Waals surface area contributed by atoms with E-state index in [4.69, 9.17) is 0 Å². The number of nitrogens with one attached hydrogen (secondary N) is 1. The van der Waals surface area contributed by atoms with Crippen LogP contribution < -0.4 is 5.32 Å². The molecule has 1 amide bonds. The van der Waals surface area contributed by atoms with Crippen LogP contribution in [-0.2, 0) is 6.54 Å². The molecule has 25 heavy (non-hydrogen) atoms. The number of benzene rings is 2. The Balaban J connectivity index is 1.62. The summed E-state index contributed by atoms with van der Waals surface area (Å²) in [7, 11) is 0. The molecule has 1 N–H and O–H groups in total. The third kappa shape index (κ3) is 2.92. The molecule has 0 aliphatic carbocycles. The molecule has 6 heteroatoms. The van der Waals surface area contributed by atoms with E-state index in [1.165, 1.54) is 11.3 Å². The van der Waals surface area contributed by atoms with Gasteiger partial charge in [-0.05, 0) is 19.1 Å². The maximum absolute atomic E-state index is 12.6. The predicted octanol–water partition coefficient (Wildman–Crippen LogP) is 4.43. The average Bonchev–Trinajstić information content (AvgIpc) is 3.27. The molecule has 0 aliphatic rings. The van der Waals surface area contributed by atoms with Crippen molar-refractivity contribution in [3.8, 4) is 10.6 Å². The molecule has 4 aromatic rings. The molecule has 2 aromatic heterocycles. The molecule has 124 valence electrons. The number of thiazole rings is 1. The number of carbonyl (C=O) groups is 1. The molecule has 0 atom stereocenters. The fourth-order valence-electron chi connectivity index (χ4n) is 2.75. The third-order valence-corrected chi connectivity index (χ3v) is 4.85. The van der Waals surface area contributed by atoms with Crippen molar-refractivity contribution in [2.45, 2.75) is 13.5 Å². The first-order chi connectivity index (χ1) is 12.3. The summed E-state index contributed by atoms with van der Waals surface area (Å²) in [6, 6.07) is 17.7. The Labute approximate surface area is 149 Å². The number of carbonyl (C=O) groups excluding carboxylic acids is 1. The van der Waals surface area contributed by atoms with Crippen LogP contribution in [-0.4, -0.2) is 20.4 Å². The normalized spacial score (nSPS) is 10.9. The maximum atomic E-state index is 12.6. The zero-order chi connectivity index (χ0) is 17.2. The number of anilines is 1. The SMILES string of the molecule is CCn1c(NC(=O)c2csc(-c3ccccc3)n2)nc2ccccc21. The van der Waals surface area contributed by atoms with Crippen LogP contribution >= 0.6 is 11.3 Å². The van der Waals surface area contributed by atoms with Crippen molar-refractivity contribution in [2.24, 2.45) is 0 Å². The molecule has 0 aliphatic heterocycles. The molecule has 0 radical (unpaired) electrons. The Bertz CT molecular complexity index is 1040. The van der Waals surface area contributed by atoms with Gasteiger partial charge in [-0.3, -0.25) is 10.1 Å². The fourth-order valence-corrected chi connectivity index (χ4v) is 3.55. The van der Waals surface area contributed by atoms with Crippen molar-refractivity contribution < 1.29 is 4.79 Å². The van der Waals surface area contributed by atoms with Gasteiger partial charge in [0, 0.05) is 17.5 Å². The first-order valence-electron chi connectivity index (χ1n) is 8.04. The summed E-state index contributed by atoms with van der Waals surface area (Å²) in [5.74, 6) is 0.298. The molecule has 0 saturated heterocycles. The van der Waals surface area contributed by atoms with Gasteiger partial charge in [0.25, 0.3) is 5.91 Å². The van der Waals surface area contributed by atoms with Gasteiger partial charge in [-0.25, -0.2) is 9.97 Å². The highest BCUT2D eigenvalue weighted by Gasteiger charge is 2.16. The number of rotatable bonds is 4. The molecule has 0 saturated carbocycles. The molecule has 0 fully saturated rings. The second kappa shape index (κ2) is 6.49. The van der Waals surface area contributed by atoms with Crippen molar-refractivity contribution in [3.63, 3.8) is 0 Å². The van der Waals surface area contributed by atoms with E-state index >= 15 is 0 Å². The lowest BCUT2D eigenvalue weighted by molar-refractivity contribution is 0.102. The van der Waals surface area contributed by atoms with Crippen LogP contribution in [0.15, 0.2) is 60.0 Å². The van der Waals surface area contributed by atoms with Gasteiger partial charge >= 0.3 is 0 Å². The van der Waals surface area contributed by atoms with Crippen molar-refractivity contribution in [3.05, 3.63) is 65.7 Å². The van der Waals surface area contributed by atoms with Crippen LogP contribution in [0.2, 0.25) is 0 Å². The van der Waals surface area contributed by atoms with Gasteiger partial charge < -0.3 is 4.57 Å². The van der Waals surface area contributed by atoms with Gasteiger partial charge in [0.05, 0.1) is 11.0 Å². The first kappa shape index (κ1) is 15.5. The Hall–Kier alpha value is -2.99. The van der Waals surface area contributed by atoms with Crippen LogP contribution in [0.1, 0.15) is 17.4 Å². The zero-order valence-electron chi connectivity index (χ0n) is 13.6. The summed E-state index contributed by atoms with van der Waals surface area (Å²) in [6.45, 7) is 2.75. The van der Waals surface area contributed by atoms with E-state index < -0.39 is 0 Å². The number of para-hydroxylation sites is 2. The minimum absolute atomic E-state index is 0.247. The van der Waals surface area contributed by atoms with Crippen LogP contribution in [0.25, 0.3) is 21.6 Å². The minimum atomic E-state index is -0.247. The Morgan fingerprint density at radius 3 is 2.64 bits per heavy atom. The molecule has 0 bridgehead atoms. The van der Waals surface area contributed by atoms with Crippen LogP contribution in [0.3, 0.4) is 0 Å². The molecule has 2 aromatic carbocycles. The van der Waals surface area contributed by atoms with E-state index in [0.717, 1.165) is 28.1 Å². The fraction of sp³-hybridized carbons (Fsp3) is 0.105. The van der Waals surface area contributed by atoms with Crippen molar-refractivity contribution in [2.75, 3.05) is 5.32 Å².